The molecule has 0 aliphatic rings. The summed E-state index contributed by atoms with van der Waals surface area (Å²) in [4.78, 5) is 9.72. The van der Waals surface area contributed by atoms with E-state index in [2.05, 4.69) is 30.7 Å². The molecule has 0 radical (unpaired) electrons. The van der Waals surface area contributed by atoms with Crippen molar-refractivity contribution in [1.82, 2.24) is 35.5 Å². The minimum atomic E-state index is 0.0536. The van der Waals surface area contributed by atoms with E-state index in [4.69, 9.17) is 0 Å². The van der Waals surface area contributed by atoms with E-state index in [0.717, 1.165) is 5.69 Å². The molecule has 1 atom stereocenters. The third-order valence-corrected chi connectivity index (χ3v) is 2.23. The van der Waals surface area contributed by atoms with E-state index in [9.17, 15) is 0 Å². The van der Waals surface area contributed by atoms with Crippen molar-refractivity contribution in [2.75, 3.05) is 7.05 Å². The normalized spacial score (nSPS) is 12.6. The molecule has 84 valence electrons. The first-order valence-corrected chi connectivity index (χ1v) is 4.95. The third kappa shape index (κ3) is 2.37. The number of hydrogen-bond donors (Lipinski definition) is 1. The van der Waals surface area contributed by atoms with E-state index >= 15 is 0 Å². The number of nitrogens with zero attached hydrogens (tertiary/aromatic N) is 6. The van der Waals surface area contributed by atoms with Crippen molar-refractivity contribution in [2.24, 2.45) is 7.05 Å². The maximum absolute atomic E-state index is 4.25. The van der Waals surface area contributed by atoms with Crippen molar-refractivity contribution in [3.05, 3.63) is 30.1 Å². The standard InChI is InChI=1S/C9H13N7/c1-10-7(8-6-11-3-4-12-8)5-9-13-15-16(2)14-9/h3-4,6-7,10H,5H2,1-2H3. The second-order valence-electron chi connectivity index (χ2n) is 3.37. The molecule has 7 nitrogen and oxygen atoms in total. The van der Waals surface area contributed by atoms with Crippen LogP contribution in [0, 0.1) is 0 Å². The van der Waals surface area contributed by atoms with Crippen molar-refractivity contribution >= 4 is 0 Å². The fraction of sp³-hybridized carbons (Fsp3) is 0.444. The van der Waals surface area contributed by atoms with Crippen LogP contribution in [0.3, 0.4) is 0 Å². The summed E-state index contributed by atoms with van der Waals surface area (Å²) < 4.78 is 0. The van der Waals surface area contributed by atoms with E-state index in [1.54, 1.807) is 25.6 Å². The Morgan fingerprint density at radius 1 is 1.44 bits per heavy atom. The molecule has 0 aliphatic carbocycles. The Bertz CT molecular complexity index is 438. The van der Waals surface area contributed by atoms with Gasteiger partial charge in [0.2, 0.25) is 0 Å². The van der Waals surface area contributed by atoms with E-state index in [-0.39, 0.29) is 6.04 Å². The SMILES string of the molecule is CNC(Cc1nnn(C)n1)c1cnccn1. The second kappa shape index (κ2) is 4.75. The fourth-order valence-corrected chi connectivity index (χ4v) is 1.43. The largest absolute Gasteiger partial charge is 0.311 e. The molecule has 1 N–H and O–H groups in total. The average molecular weight is 219 g/mol. The molecule has 0 amide bonds. The van der Waals surface area contributed by atoms with Gasteiger partial charge in [0.15, 0.2) is 5.82 Å². The van der Waals surface area contributed by atoms with Gasteiger partial charge in [-0.2, -0.15) is 4.80 Å². The molecule has 2 rings (SSSR count). The van der Waals surface area contributed by atoms with Crippen molar-refractivity contribution in [3.63, 3.8) is 0 Å². The zero-order chi connectivity index (χ0) is 11.4. The predicted octanol–water partition coefficient (Wildman–Crippen LogP) is -0.497. The van der Waals surface area contributed by atoms with Gasteiger partial charge in [0.1, 0.15) is 0 Å². The number of aromatic nitrogens is 6. The first-order valence-electron chi connectivity index (χ1n) is 4.95. The highest BCUT2D eigenvalue weighted by Crippen LogP contribution is 2.11. The van der Waals surface area contributed by atoms with E-state index in [1.165, 1.54) is 4.80 Å². The Labute approximate surface area is 92.9 Å². The fourth-order valence-electron chi connectivity index (χ4n) is 1.43. The van der Waals surface area contributed by atoms with Gasteiger partial charge in [0.25, 0.3) is 0 Å². The number of hydrogen-bond acceptors (Lipinski definition) is 6. The lowest BCUT2D eigenvalue weighted by atomic mass is 10.1. The van der Waals surface area contributed by atoms with Gasteiger partial charge < -0.3 is 5.32 Å². The second-order valence-corrected chi connectivity index (χ2v) is 3.37. The smallest absolute Gasteiger partial charge is 0.176 e. The minimum Gasteiger partial charge on any atom is -0.311 e. The van der Waals surface area contributed by atoms with Crippen LogP contribution in [0.4, 0.5) is 0 Å². The van der Waals surface area contributed by atoms with Crippen LogP contribution in [0.5, 0.6) is 0 Å². The average Bonchev–Trinajstić information content (AvgIpc) is 2.73. The van der Waals surface area contributed by atoms with Crippen LogP contribution >= 0.6 is 0 Å². The van der Waals surface area contributed by atoms with E-state index < -0.39 is 0 Å². The quantitative estimate of drug-likeness (QED) is 0.746. The number of tetrazole rings is 1. The van der Waals surface area contributed by atoms with Crippen LogP contribution in [0.1, 0.15) is 17.6 Å². The molecule has 0 saturated heterocycles. The number of rotatable bonds is 4. The first kappa shape index (κ1) is 10.6. The summed E-state index contributed by atoms with van der Waals surface area (Å²) in [5, 5.41) is 15.0. The van der Waals surface area contributed by atoms with Crippen LogP contribution in [0.15, 0.2) is 18.6 Å². The maximum Gasteiger partial charge on any atom is 0.176 e. The van der Waals surface area contributed by atoms with Gasteiger partial charge in [-0.3, -0.25) is 9.97 Å². The number of nitrogens with one attached hydrogen (secondary N) is 1. The van der Waals surface area contributed by atoms with Gasteiger partial charge in [-0.05, 0) is 12.3 Å². The van der Waals surface area contributed by atoms with Gasteiger partial charge in [0, 0.05) is 25.0 Å². The molecule has 2 aromatic heterocycles. The highest BCUT2D eigenvalue weighted by Gasteiger charge is 2.14. The molecule has 2 aromatic rings. The summed E-state index contributed by atoms with van der Waals surface area (Å²) in [7, 11) is 3.61. The van der Waals surface area contributed by atoms with Crippen LogP contribution < -0.4 is 5.32 Å². The number of aryl methyl sites for hydroxylation is 1. The molecular formula is C9H13N7. The summed E-state index contributed by atoms with van der Waals surface area (Å²) in [5.74, 6) is 0.688. The molecule has 0 aliphatic heterocycles. The summed E-state index contributed by atoms with van der Waals surface area (Å²) in [5.41, 5.74) is 0.873. The molecule has 0 spiro atoms. The van der Waals surface area contributed by atoms with Crippen molar-refractivity contribution in [2.45, 2.75) is 12.5 Å². The molecule has 0 aromatic carbocycles. The minimum absolute atomic E-state index is 0.0536. The predicted molar refractivity (Wildman–Crippen MR) is 56.3 cm³/mol. The zero-order valence-electron chi connectivity index (χ0n) is 9.20. The monoisotopic (exact) mass is 219 g/mol. The maximum atomic E-state index is 4.25. The molecule has 16 heavy (non-hydrogen) atoms. The third-order valence-electron chi connectivity index (χ3n) is 2.23. The lowest BCUT2D eigenvalue weighted by Gasteiger charge is -2.12. The van der Waals surface area contributed by atoms with Gasteiger partial charge in [0.05, 0.1) is 18.8 Å². The van der Waals surface area contributed by atoms with Crippen LogP contribution in [-0.4, -0.2) is 37.2 Å². The molecule has 0 saturated carbocycles. The topological polar surface area (TPSA) is 81.4 Å². The molecule has 7 heteroatoms. The Morgan fingerprint density at radius 2 is 2.31 bits per heavy atom. The van der Waals surface area contributed by atoms with Crippen molar-refractivity contribution < 1.29 is 0 Å². The van der Waals surface area contributed by atoms with Crippen LogP contribution in [0.2, 0.25) is 0 Å². The van der Waals surface area contributed by atoms with E-state index in [0.29, 0.717) is 12.2 Å². The molecule has 2 heterocycles. The Balaban J connectivity index is 2.12. The molecule has 0 fully saturated rings. The summed E-state index contributed by atoms with van der Waals surface area (Å²) in [6.07, 6.45) is 5.70. The summed E-state index contributed by atoms with van der Waals surface area (Å²) >= 11 is 0. The lowest BCUT2D eigenvalue weighted by Crippen LogP contribution is -2.20. The molecule has 0 bridgehead atoms. The van der Waals surface area contributed by atoms with Crippen LogP contribution in [-0.2, 0) is 13.5 Å². The van der Waals surface area contributed by atoms with Gasteiger partial charge in [-0.25, -0.2) is 0 Å². The summed E-state index contributed by atoms with van der Waals surface area (Å²) in [6, 6.07) is 0.0536. The first-order chi connectivity index (χ1) is 7.79. The highest BCUT2D eigenvalue weighted by molar-refractivity contribution is 5.04. The molecule has 1 unspecified atom stereocenters. The summed E-state index contributed by atoms with van der Waals surface area (Å²) in [6.45, 7) is 0. The number of likely N-dealkylation sites (N-methyl/N-ethyl adjacent to an activating group) is 1. The van der Waals surface area contributed by atoms with Crippen molar-refractivity contribution in [3.8, 4) is 0 Å². The highest BCUT2D eigenvalue weighted by atomic mass is 15.6. The van der Waals surface area contributed by atoms with Gasteiger partial charge >= 0.3 is 0 Å². The Kier molecular flexibility index (Phi) is 3.16. The van der Waals surface area contributed by atoms with Gasteiger partial charge in [-0.1, -0.05) is 0 Å². The van der Waals surface area contributed by atoms with Crippen molar-refractivity contribution in [1.29, 1.82) is 0 Å². The zero-order valence-corrected chi connectivity index (χ0v) is 9.20. The molecular weight excluding hydrogens is 206 g/mol. The Morgan fingerprint density at radius 3 is 2.88 bits per heavy atom. The van der Waals surface area contributed by atoms with Crippen LogP contribution in [0.25, 0.3) is 0 Å². The Hall–Kier alpha value is -1.89. The van der Waals surface area contributed by atoms with E-state index in [1.807, 2.05) is 7.05 Å². The lowest BCUT2D eigenvalue weighted by molar-refractivity contribution is 0.554. The van der Waals surface area contributed by atoms with Gasteiger partial charge in [-0.15, -0.1) is 10.2 Å².